The Morgan fingerprint density at radius 1 is 0.742 bits per heavy atom. The molecule has 150 valence electrons. The molecule has 2 heterocycles. The number of azo groups is 1. The molecule has 1 amide bonds. The van der Waals surface area contributed by atoms with E-state index in [1.54, 1.807) is 6.07 Å². The average Bonchev–Trinajstić information content (AvgIpc) is 3.33. The zero-order valence-corrected chi connectivity index (χ0v) is 17.0. The summed E-state index contributed by atoms with van der Waals surface area (Å²) in [5.41, 5.74) is 2.06. The van der Waals surface area contributed by atoms with Crippen molar-refractivity contribution in [3.05, 3.63) is 95.5 Å². The van der Waals surface area contributed by atoms with Gasteiger partial charge in [-0.2, -0.15) is 4.98 Å². The SMILES string of the molecule is O=C1N=c2ccccc2=C1N=Nc1nc(Nc2ccccc2)c(Nc2ccccc2)s1. The highest BCUT2D eigenvalue weighted by molar-refractivity contribution is 7.19. The molecule has 0 bridgehead atoms. The van der Waals surface area contributed by atoms with Gasteiger partial charge in [0.1, 0.15) is 5.00 Å². The van der Waals surface area contributed by atoms with Crippen LogP contribution in [0.25, 0.3) is 5.70 Å². The number of nitrogens with one attached hydrogen (secondary N) is 2. The third-order valence-electron chi connectivity index (χ3n) is 4.50. The summed E-state index contributed by atoms with van der Waals surface area (Å²) in [6.07, 6.45) is 0. The van der Waals surface area contributed by atoms with Gasteiger partial charge in [0.25, 0.3) is 5.91 Å². The predicted molar refractivity (Wildman–Crippen MR) is 122 cm³/mol. The molecule has 3 aromatic carbocycles. The molecular weight excluding hydrogens is 408 g/mol. The van der Waals surface area contributed by atoms with Gasteiger partial charge in [0.2, 0.25) is 5.13 Å². The first-order valence-corrected chi connectivity index (χ1v) is 10.4. The summed E-state index contributed by atoms with van der Waals surface area (Å²) in [6, 6.07) is 26.8. The number of anilines is 4. The fourth-order valence-corrected chi connectivity index (χ4v) is 3.83. The fourth-order valence-electron chi connectivity index (χ4n) is 3.07. The number of nitrogens with zero attached hydrogens (tertiary/aromatic N) is 4. The summed E-state index contributed by atoms with van der Waals surface area (Å²) in [7, 11) is 0. The number of aromatic nitrogens is 1. The van der Waals surface area contributed by atoms with E-state index < -0.39 is 5.91 Å². The first kappa shape index (κ1) is 18.8. The lowest BCUT2D eigenvalue weighted by Crippen LogP contribution is -2.21. The first-order chi connectivity index (χ1) is 15.3. The Bertz CT molecular complexity index is 1340. The third kappa shape index (κ3) is 4.10. The predicted octanol–water partition coefficient (Wildman–Crippen LogP) is 4.68. The normalized spacial score (nSPS) is 12.6. The molecule has 0 saturated carbocycles. The molecule has 1 aliphatic rings. The minimum absolute atomic E-state index is 0.223. The molecule has 31 heavy (non-hydrogen) atoms. The molecule has 8 heteroatoms. The van der Waals surface area contributed by atoms with Crippen LogP contribution in [0.15, 0.2) is 100 Å². The lowest BCUT2D eigenvalue weighted by atomic mass is 10.2. The summed E-state index contributed by atoms with van der Waals surface area (Å²) >= 11 is 1.34. The molecule has 0 unspecified atom stereocenters. The van der Waals surface area contributed by atoms with E-state index in [1.165, 1.54) is 11.3 Å². The van der Waals surface area contributed by atoms with Crippen molar-refractivity contribution in [1.82, 2.24) is 4.98 Å². The molecule has 5 rings (SSSR count). The Balaban J connectivity index is 1.49. The van der Waals surface area contributed by atoms with E-state index in [4.69, 9.17) is 0 Å². The number of hydrogen-bond donors (Lipinski definition) is 2. The quantitative estimate of drug-likeness (QED) is 0.440. The van der Waals surface area contributed by atoms with Gasteiger partial charge in [-0.3, -0.25) is 4.79 Å². The van der Waals surface area contributed by atoms with Gasteiger partial charge in [0, 0.05) is 16.6 Å². The number of rotatable bonds is 6. The van der Waals surface area contributed by atoms with E-state index in [0.29, 0.717) is 21.5 Å². The highest BCUT2D eigenvalue weighted by atomic mass is 32.1. The second kappa shape index (κ2) is 8.29. The van der Waals surface area contributed by atoms with Gasteiger partial charge in [-0.1, -0.05) is 65.9 Å². The molecular formula is C23H16N6OS. The molecule has 0 fully saturated rings. The average molecular weight is 424 g/mol. The number of benzene rings is 3. The second-order valence-corrected chi connectivity index (χ2v) is 7.62. The van der Waals surface area contributed by atoms with Crippen molar-refractivity contribution in [1.29, 1.82) is 0 Å². The molecule has 4 aromatic rings. The summed E-state index contributed by atoms with van der Waals surface area (Å²) in [4.78, 5) is 20.8. The highest BCUT2D eigenvalue weighted by Crippen LogP contribution is 2.38. The van der Waals surface area contributed by atoms with Crippen LogP contribution in [-0.2, 0) is 4.79 Å². The maximum absolute atomic E-state index is 12.2. The highest BCUT2D eigenvalue weighted by Gasteiger charge is 2.17. The standard InChI is InChI=1S/C23H16N6OS/c30-21-19(17-13-7-8-14-18(17)26-21)28-29-23-27-20(24-15-9-3-1-4-10-15)22(31-23)25-16-11-5-2-6-12-16/h1-14,24-25H. The lowest BCUT2D eigenvalue weighted by molar-refractivity contribution is -0.112. The Morgan fingerprint density at radius 3 is 2.13 bits per heavy atom. The van der Waals surface area contributed by atoms with Gasteiger partial charge < -0.3 is 10.6 Å². The number of thiazole rings is 1. The van der Waals surface area contributed by atoms with Gasteiger partial charge in [-0.05, 0) is 30.3 Å². The smallest absolute Gasteiger partial charge is 0.298 e. The van der Waals surface area contributed by atoms with Crippen LogP contribution >= 0.6 is 11.3 Å². The van der Waals surface area contributed by atoms with E-state index in [1.807, 2.05) is 78.9 Å². The van der Waals surface area contributed by atoms with Crippen molar-refractivity contribution in [2.45, 2.75) is 0 Å². The lowest BCUT2D eigenvalue weighted by Gasteiger charge is -2.07. The van der Waals surface area contributed by atoms with E-state index in [9.17, 15) is 4.79 Å². The minimum Gasteiger partial charge on any atom is -0.344 e. The van der Waals surface area contributed by atoms with Crippen LogP contribution in [0.2, 0.25) is 0 Å². The van der Waals surface area contributed by atoms with Crippen LogP contribution in [0.1, 0.15) is 0 Å². The summed E-state index contributed by atoms with van der Waals surface area (Å²) in [5, 5.41) is 17.6. The Kier molecular flexibility index (Phi) is 5.04. The van der Waals surface area contributed by atoms with Gasteiger partial charge >= 0.3 is 0 Å². The summed E-state index contributed by atoms with van der Waals surface area (Å²) in [6.45, 7) is 0. The third-order valence-corrected chi connectivity index (χ3v) is 5.36. The van der Waals surface area contributed by atoms with Crippen LogP contribution in [0.4, 0.5) is 27.3 Å². The van der Waals surface area contributed by atoms with Crippen LogP contribution < -0.4 is 21.2 Å². The van der Waals surface area contributed by atoms with Crippen LogP contribution in [0.5, 0.6) is 0 Å². The van der Waals surface area contributed by atoms with E-state index in [0.717, 1.165) is 16.4 Å². The minimum atomic E-state index is -0.397. The maximum atomic E-state index is 12.2. The van der Waals surface area contributed by atoms with Crippen LogP contribution in [0, 0.1) is 0 Å². The van der Waals surface area contributed by atoms with Crippen molar-refractivity contribution in [3.63, 3.8) is 0 Å². The van der Waals surface area contributed by atoms with Crippen LogP contribution in [0.3, 0.4) is 0 Å². The van der Waals surface area contributed by atoms with Gasteiger partial charge in [-0.25, -0.2) is 4.99 Å². The van der Waals surface area contributed by atoms with Crippen molar-refractivity contribution in [2.75, 3.05) is 10.6 Å². The monoisotopic (exact) mass is 424 g/mol. The van der Waals surface area contributed by atoms with E-state index >= 15 is 0 Å². The second-order valence-electron chi connectivity index (χ2n) is 6.64. The van der Waals surface area contributed by atoms with E-state index in [2.05, 4.69) is 30.8 Å². The molecule has 1 aromatic heterocycles. The largest absolute Gasteiger partial charge is 0.344 e. The molecule has 0 spiro atoms. The number of hydrogen-bond acceptors (Lipinski definition) is 7. The van der Waals surface area contributed by atoms with Crippen molar-refractivity contribution >= 4 is 50.3 Å². The van der Waals surface area contributed by atoms with Crippen LogP contribution in [-0.4, -0.2) is 10.9 Å². The Labute approximate surface area is 181 Å². The number of para-hydroxylation sites is 3. The molecule has 0 aliphatic carbocycles. The molecule has 0 atom stereocenters. The zero-order chi connectivity index (χ0) is 21.0. The summed E-state index contributed by atoms with van der Waals surface area (Å²) < 4.78 is 0. The van der Waals surface area contributed by atoms with E-state index in [-0.39, 0.29) is 5.70 Å². The molecule has 7 nitrogen and oxygen atoms in total. The Morgan fingerprint density at radius 2 is 1.39 bits per heavy atom. The number of fused-ring (bicyclic) bond motifs is 1. The first-order valence-electron chi connectivity index (χ1n) is 9.55. The van der Waals surface area contributed by atoms with Gasteiger partial charge in [0.05, 0.1) is 5.36 Å². The topological polar surface area (TPSA) is 91.1 Å². The number of carbonyl (C=O) groups is 1. The van der Waals surface area contributed by atoms with Crippen molar-refractivity contribution < 1.29 is 4.79 Å². The van der Waals surface area contributed by atoms with Gasteiger partial charge in [0.15, 0.2) is 11.5 Å². The fraction of sp³-hybridized carbons (Fsp3) is 0. The zero-order valence-electron chi connectivity index (χ0n) is 16.2. The molecule has 1 aliphatic heterocycles. The van der Waals surface area contributed by atoms with Crippen molar-refractivity contribution in [3.8, 4) is 0 Å². The summed E-state index contributed by atoms with van der Waals surface area (Å²) in [5.74, 6) is 0.230. The van der Waals surface area contributed by atoms with Gasteiger partial charge in [-0.15, -0.1) is 10.2 Å². The number of amides is 1. The van der Waals surface area contributed by atoms with Crippen molar-refractivity contribution in [2.24, 2.45) is 15.2 Å². The molecule has 0 saturated heterocycles. The molecule has 2 N–H and O–H groups in total. The molecule has 0 radical (unpaired) electrons. The Hall–Kier alpha value is -4.17. The maximum Gasteiger partial charge on any atom is 0.298 e. The number of carbonyl (C=O) groups excluding carboxylic acids is 1.